The molecule has 5 nitrogen and oxygen atoms in total. The zero-order valence-corrected chi connectivity index (χ0v) is 12.9. The largest absolute Gasteiger partial charge is 0.489 e. The highest BCUT2D eigenvalue weighted by molar-refractivity contribution is 5.78. The summed E-state index contributed by atoms with van der Waals surface area (Å²) in [5.74, 6) is 1.49. The van der Waals surface area contributed by atoms with Crippen LogP contribution in [-0.4, -0.2) is 17.6 Å². The second-order valence-electron chi connectivity index (χ2n) is 5.00. The monoisotopic (exact) mass is 300 g/mol. The predicted octanol–water partition coefficient (Wildman–Crippen LogP) is 2.72. The maximum Gasteiger partial charge on any atom is 0.224 e. The molecule has 0 spiro atoms. The molecule has 0 unspecified atom stereocenters. The molecule has 0 aliphatic carbocycles. The molecule has 22 heavy (non-hydrogen) atoms. The zero-order chi connectivity index (χ0) is 15.9. The van der Waals surface area contributed by atoms with E-state index in [9.17, 15) is 4.79 Å². The number of amides is 1. The summed E-state index contributed by atoms with van der Waals surface area (Å²) in [6, 6.07) is 7.48. The molecule has 1 heterocycles. The van der Waals surface area contributed by atoms with Crippen molar-refractivity contribution in [3.05, 3.63) is 59.5 Å². The molecule has 0 saturated heterocycles. The number of carbonyl (C=O) groups excluding carboxylic acids is 1. The van der Waals surface area contributed by atoms with E-state index in [1.807, 2.05) is 38.1 Å². The standard InChI is InChI=1S/C17H20N2O3/c1-4-9-18-17(20)10-14-5-7-15(8-6-14)21-11-16-12(2)19-22-13(16)3/h4-8H,1,9-11H2,2-3H3,(H,18,20). The topological polar surface area (TPSA) is 64.4 Å². The predicted molar refractivity (Wildman–Crippen MR) is 83.7 cm³/mol. The molecule has 1 N–H and O–H groups in total. The van der Waals surface area contributed by atoms with Gasteiger partial charge in [-0.25, -0.2) is 0 Å². The SMILES string of the molecule is C=CCNC(=O)Cc1ccc(OCc2c(C)noc2C)cc1. The molecule has 5 heteroatoms. The minimum absolute atomic E-state index is 0.0238. The van der Waals surface area contributed by atoms with E-state index < -0.39 is 0 Å². The van der Waals surface area contributed by atoms with E-state index >= 15 is 0 Å². The highest BCUT2D eigenvalue weighted by Crippen LogP contribution is 2.18. The van der Waals surface area contributed by atoms with E-state index in [0.29, 0.717) is 19.6 Å². The number of rotatable bonds is 7. The van der Waals surface area contributed by atoms with Crippen LogP contribution in [0.1, 0.15) is 22.6 Å². The van der Waals surface area contributed by atoms with Crippen LogP contribution >= 0.6 is 0 Å². The Bertz CT molecular complexity index is 625. The molecule has 0 fully saturated rings. The number of aryl methyl sites for hydroxylation is 2. The van der Waals surface area contributed by atoms with E-state index in [-0.39, 0.29) is 5.91 Å². The van der Waals surface area contributed by atoms with Gasteiger partial charge in [-0.15, -0.1) is 6.58 Å². The van der Waals surface area contributed by atoms with Crippen molar-refractivity contribution < 1.29 is 14.1 Å². The van der Waals surface area contributed by atoms with Crippen LogP contribution in [0.2, 0.25) is 0 Å². The maximum atomic E-state index is 11.6. The Morgan fingerprint density at radius 1 is 1.36 bits per heavy atom. The molecular weight excluding hydrogens is 280 g/mol. The minimum atomic E-state index is -0.0238. The summed E-state index contributed by atoms with van der Waals surface area (Å²) in [5.41, 5.74) is 2.74. The lowest BCUT2D eigenvalue weighted by Gasteiger charge is -2.07. The molecule has 2 aromatic rings. The van der Waals surface area contributed by atoms with E-state index in [0.717, 1.165) is 28.3 Å². The van der Waals surface area contributed by atoms with E-state index in [2.05, 4.69) is 17.1 Å². The van der Waals surface area contributed by atoms with Crippen molar-refractivity contribution >= 4 is 5.91 Å². The number of benzene rings is 1. The number of hydrogen-bond acceptors (Lipinski definition) is 4. The van der Waals surface area contributed by atoms with E-state index in [1.54, 1.807) is 6.08 Å². The molecule has 1 aromatic carbocycles. The number of aromatic nitrogens is 1. The lowest BCUT2D eigenvalue weighted by molar-refractivity contribution is -0.120. The average molecular weight is 300 g/mol. The quantitative estimate of drug-likeness (QED) is 0.799. The van der Waals surface area contributed by atoms with Crippen molar-refractivity contribution in [2.24, 2.45) is 0 Å². The normalized spacial score (nSPS) is 10.3. The highest BCUT2D eigenvalue weighted by Gasteiger charge is 2.09. The fourth-order valence-electron chi connectivity index (χ4n) is 2.00. The highest BCUT2D eigenvalue weighted by atomic mass is 16.5. The summed E-state index contributed by atoms with van der Waals surface area (Å²) in [4.78, 5) is 11.6. The fraction of sp³-hybridized carbons (Fsp3) is 0.294. The van der Waals surface area contributed by atoms with Gasteiger partial charge in [-0.1, -0.05) is 23.4 Å². The summed E-state index contributed by atoms with van der Waals surface area (Å²) >= 11 is 0. The Morgan fingerprint density at radius 3 is 2.68 bits per heavy atom. The van der Waals surface area contributed by atoms with Gasteiger partial charge in [-0.3, -0.25) is 4.79 Å². The van der Waals surface area contributed by atoms with Crippen LogP contribution < -0.4 is 10.1 Å². The Kier molecular flexibility index (Phi) is 5.36. The van der Waals surface area contributed by atoms with Crippen LogP contribution in [0.25, 0.3) is 0 Å². The molecule has 2 rings (SSSR count). The molecule has 0 saturated carbocycles. The van der Waals surface area contributed by atoms with Gasteiger partial charge in [0, 0.05) is 6.54 Å². The van der Waals surface area contributed by atoms with Crippen molar-refractivity contribution in [3.8, 4) is 5.75 Å². The van der Waals surface area contributed by atoms with Crippen molar-refractivity contribution in [1.82, 2.24) is 10.5 Å². The second kappa shape index (κ2) is 7.45. The number of nitrogens with one attached hydrogen (secondary N) is 1. The van der Waals surface area contributed by atoms with Gasteiger partial charge in [0.15, 0.2) is 0 Å². The number of nitrogens with zero attached hydrogens (tertiary/aromatic N) is 1. The Hall–Kier alpha value is -2.56. The average Bonchev–Trinajstić information content (AvgIpc) is 2.83. The number of ether oxygens (including phenoxy) is 1. The number of carbonyl (C=O) groups is 1. The van der Waals surface area contributed by atoms with Gasteiger partial charge >= 0.3 is 0 Å². The summed E-state index contributed by atoms with van der Waals surface area (Å²) in [6.07, 6.45) is 2.00. The molecule has 0 atom stereocenters. The third kappa shape index (κ3) is 4.22. The Labute approximate surface area is 130 Å². The molecule has 116 valence electrons. The van der Waals surface area contributed by atoms with Crippen LogP contribution in [0.3, 0.4) is 0 Å². The Balaban J connectivity index is 1.89. The first-order chi connectivity index (χ1) is 10.6. The van der Waals surface area contributed by atoms with Crippen LogP contribution in [0.5, 0.6) is 5.75 Å². The van der Waals surface area contributed by atoms with Gasteiger partial charge in [-0.05, 0) is 31.5 Å². The first-order valence-electron chi connectivity index (χ1n) is 7.11. The van der Waals surface area contributed by atoms with Gasteiger partial charge in [0.25, 0.3) is 0 Å². The molecular formula is C17H20N2O3. The van der Waals surface area contributed by atoms with Gasteiger partial charge in [0.05, 0.1) is 17.7 Å². The summed E-state index contributed by atoms with van der Waals surface area (Å²) in [6.45, 7) is 8.22. The third-order valence-electron chi connectivity index (χ3n) is 3.30. The first-order valence-corrected chi connectivity index (χ1v) is 7.11. The molecule has 1 amide bonds. The smallest absolute Gasteiger partial charge is 0.224 e. The van der Waals surface area contributed by atoms with Crippen LogP contribution in [0.4, 0.5) is 0 Å². The Morgan fingerprint density at radius 2 is 2.09 bits per heavy atom. The first kappa shape index (κ1) is 15.8. The zero-order valence-electron chi connectivity index (χ0n) is 12.9. The van der Waals surface area contributed by atoms with Crippen molar-refractivity contribution in [2.45, 2.75) is 26.9 Å². The lowest BCUT2D eigenvalue weighted by Crippen LogP contribution is -2.24. The molecule has 0 aliphatic rings. The van der Waals surface area contributed by atoms with Gasteiger partial charge in [0.2, 0.25) is 5.91 Å². The number of hydrogen-bond donors (Lipinski definition) is 1. The van der Waals surface area contributed by atoms with Crippen LogP contribution in [0.15, 0.2) is 41.4 Å². The van der Waals surface area contributed by atoms with Crippen molar-refractivity contribution in [3.63, 3.8) is 0 Å². The summed E-state index contributed by atoms with van der Waals surface area (Å²) in [7, 11) is 0. The minimum Gasteiger partial charge on any atom is -0.489 e. The second-order valence-corrected chi connectivity index (χ2v) is 5.00. The molecule has 0 radical (unpaired) electrons. The molecule has 0 bridgehead atoms. The van der Waals surface area contributed by atoms with E-state index in [1.165, 1.54) is 0 Å². The molecule has 1 aromatic heterocycles. The van der Waals surface area contributed by atoms with Gasteiger partial charge in [-0.2, -0.15) is 0 Å². The van der Waals surface area contributed by atoms with Crippen molar-refractivity contribution in [1.29, 1.82) is 0 Å². The maximum absolute atomic E-state index is 11.6. The van der Waals surface area contributed by atoms with Crippen LogP contribution in [-0.2, 0) is 17.8 Å². The van der Waals surface area contributed by atoms with Gasteiger partial charge in [0.1, 0.15) is 18.1 Å². The molecule has 0 aliphatic heterocycles. The summed E-state index contributed by atoms with van der Waals surface area (Å²) in [5, 5.41) is 6.64. The van der Waals surface area contributed by atoms with Crippen LogP contribution in [0, 0.1) is 13.8 Å². The van der Waals surface area contributed by atoms with Gasteiger partial charge < -0.3 is 14.6 Å². The fourth-order valence-corrected chi connectivity index (χ4v) is 2.00. The van der Waals surface area contributed by atoms with E-state index in [4.69, 9.17) is 9.26 Å². The van der Waals surface area contributed by atoms with Crippen molar-refractivity contribution in [2.75, 3.05) is 6.54 Å². The lowest BCUT2D eigenvalue weighted by atomic mass is 10.1. The summed E-state index contributed by atoms with van der Waals surface area (Å²) < 4.78 is 10.8. The third-order valence-corrected chi connectivity index (χ3v) is 3.30.